The maximum atomic E-state index is 11.8. The second-order valence-corrected chi connectivity index (χ2v) is 5.98. The van der Waals surface area contributed by atoms with Crippen LogP contribution in [-0.4, -0.2) is 23.5 Å². The second-order valence-electron chi connectivity index (χ2n) is 5.58. The van der Waals surface area contributed by atoms with Gasteiger partial charge in [-0.1, -0.05) is 37.6 Å². The molecule has 21 heavy (non-hydrogen) atoms. The summed E-state index contributed by atoms with van der Waals surface area (Å²) >= 11 is 6.04. The van der Waals surface area contributed by atoms with E-state index in [1.807, 2.05) is 39.0 Å². The highest BCUT2D eigenvalue weighted by molar-refractivity contribution is 6.31. The third-order valence-electron chi connectivity index (χ3n) is 3.52. The fraction of sp³-hybridized carbons (Fsp3) is 0.500. The number of halogens is 1. The molecule has 1 atom stereocenters. The SMILES string of the molecule is Cc1ccc(CCC(=O)NCC(C(=O)O)C(C)C)cc1Cl. The zero-order valence-electron chi connectivity index (χ0n) is 12.6. The van der Waals surface area contributed by atoms with Crippen molar-refractivity contribution < 1.29 is 14.7 Å². The summed E-state index contributed by atoms with van der Waals surface area (Å²) < 4.78 is 0. The Hall–Kier alpha value is -1.55. The van der Waals surface area contributed by atoms with Crippen LogP contribution >= 0.6 is 11.6 Å². The van der Waals surface area contributed by atoms with Crippen molar-refractivity contribution in [3.63, 3.8) is 0 Å². The summed E-state index contributed by atoms with van der Waals surface area (Å²) in [4.78, 5) is 22.8. The molecule has 5 heteroatoms. The smallest absolute Gasteiger partial charge is 0.308 e. The number of hydrogen-bond acceptors (Lipinski definition) is 2. The van der Waals surface area contributed by atoms with Crippen molar-refractivity contribution in [1.29, 1.82) is 0 Å². The van der Waals surface area contributed by atoms with Crippen LogP contribution in [0.25, 0.3) is 0 Å². The van der Waals surface area contributed by atoms with Crippen LogP contribution in [-0.2, 0) is 16.0 Å². The average molecular weight is 312 g/mol. The molecule has 0 fully saturated rings. The van der Waals surface area contributed by atoms with E-state index in [-0.39, 0.29) is 18.4 Å². The number of carbonyl (C=O) groups excluding carboxylic acids is 1. The number of aryl methyl sites for hydroxylation is 2. The van der Waals surface area contributed by atoms with Gasteiger partial charge in [-0.3, -0.25) is 9.59 Å². The Balaban J connectivity index is 2.43. The van der Waals surface area contributed by atoms with Gasteiger partial charge < -0.3 is 10.4 Å². The molecule has 0 aliphatic heterocycles. The number of carboxylic acids is 1. The first-order chi connectivity index (χ1) is 9.81. The molecule has 1 aromatic rings. The number of aliphatic carboxylic acids is 1. The summed E-state index contributed by atoms with van der Waals surface area (Å²) in [5.74, 6) is -1.59. The van der Waals surface area contributed by atoms with Crippen LogP contribution in [0.3, 0.4) is 0 Å². The van der Waals surface area contributed by atoms with Gasteiger partial charge in [0.05, 0.1) is 5.92 Å². The fourth-order valence-electron chi connectivity index (χ4n) is 1.97. The molecule has 4 nitrogen and oxygen atoms in total. The number of benzene rings is 1. The molecule has 1 rings (SSSR count). The van der Waals surface area contributed by atoms with Gasteiger partial charge in [-0.25, -0.2) is 0 Å². The van der Waals surface area contributed by atoms with Crippen LogP contribution in [0, 0.1) is 18.8 Å². The number of amides is 1. The lowest BCUT2D eigenvalue weighted by Gasteiger charge is -2.16. The third-order valence-corrected chi connectivity index (χ3v) is 3.93. The van der Waals surface area contributed by atoms with Crippen LogP contribution in [0.4, 0.5) is 0 Å². The van der Waals surface area contributed by atoms with Crippen LogP contribution in [0.2, 0.25) is 5.02 Å². The standard InChI is InChI=1S/C16H22ClNO3/c1-10(2)13(16(20)21)9-18-15(19)7-6-12-5-4-11(3)14(17)8-12/h4-5,8,10,13H,6-7,9H2,1-3H3,(H,18,19)(H,20,21). The van der Waals surface area contributed by atoms with Gasteiger partial charge in [0.15, 0.2) is 0 Å². The number of carbonyl (C=O) groups is 2. The molecule has 0 aromatic heterocycles. The predicted octanol–water partition coefficient (Wildman–Crippen LogP) is 3.05. The molecule has 1 amide bonds. The summed E-state index contributed by atoms with van der Waals surface area (Å²) in [6, 6.07) is 5.73. The molecule has 0 spiro atoms. The molecule has 0 aliphatic rings. The Morgan fingerprint density at radius 2 is 2.00 bits per heavy atom. The minimum atomic E-state index is -0.879. The van der Waals surface area contributed by atoms with Crippen molar-refractivity contribution in [2.45, 2.75) is 33.6 Å². The van der Waals surface area contributed by atoms with E-state index in [0.29, 0.717) is 17.9 Å². The van der Waals surface area contributed by atoms with Gasteiger partial charge in [0, 0.05) is 18.0 Å². The van der Waals surface area contributed by atoms with E-state index < -0.39 is 11.9 Å². The molecule has 2 N–H and O–H groups in total. The first kappa shape index (κ1) is 17.5. The Morgan fingerprint density at radius 1 is 1.33 bits per heavy atom. The van der Waals surface area contributed by atoms with E-state index in [2.05, 4.69) is 5.32 Å². The molecule has 0 aliphatic carbocycles. The third kappa shape index (κ3) is 5.76. The Labute approximate surface area is 130 Å². The molecular weight excluding hydrogens is 290 g/mol. The number of nitrogens with one attached hydrogen (secondary N) is 1. The predicted molar refractivity (Wildman–Crippen MR) is 83.5 cm³/mol. The van der Waals surface area contributed by atoms with Crippen LogP contribution < -0.4 is 5.32 Å². The first-order valence-corrected chi connectivity index (χ1v) is 7.43. The zero-order valence-corrected chi connectivity index (χ0v) is 13.4. The van der Waals surface area contributed by atoms with E-state index in [9.17, 15) is 9.59 Å². The topological polar surface area (TPSA) is 66.4 Å². The minimum Gasteiger partial charge on any atom is -0.481 e. The normalized spacial score (nSPS) is 12.2. The zero-order chi connectivity index (χ0) is 16.0. The highest BCUT2D eigenvalue weighted by Crippen LogP contribution is 2.17. The Bertz CT molecular complexity index is 514. The summed E-state index contributed by atoms with van der Waals surface area (Å²) in [6.45, 7) is 5.76. The maximum absolute atomic E-state index is 11.8. The summed E-state index contributed by atoms with van der Waals surface area (Å²) in [5, 5.41) is 12.4. The molecule has 116 valence electrons. The van der Waals surface area contributed by atoms with E-state index in [1.54, 1.807) is 0 Å². The van der Waals surface area contributed by atoms with Crippen molar-refractivity contribution >= 4 is 23.5 Å². The minimum absolute atomic E-state index is 0.0151. The van der Waals surface area contributed by atoms with Gasteiger partial charge in [-0.05, 0) is 36.5 Å². The van der Waals surface area contributed by atoms with Crippen molar-refractivity contribution in [3.8, 4) is 0 Å². The van der Waals surface area contributed by atoms with Gasteiger partial charge in [0.2, 0.25) is 5.91 Å². The van der Waals surface area contributed by atoms with Gasteiger partial charge in [0.25, 0.3) is 0 Å². The monoisotopic (exact) mass is 311 g/mol. The van der Waals surface area contributed by atoms with Crippen molar-refractivity contribution in [1.82, 2.24) is 5.32 Å². The highest BCUT2D eigenvalue weighted by Gasteiger charge is 2.21. The molecule has 1 unspecified atom stereocenters. The Morgan fingerprint density at radius 3 is 2.52 bits per heavy atom. The summed E-state index contributed by atoms with van der Waals surface area (Å²) in [7, 11) is 0. The molecular formula is C16H22ClNO3. The maximum Gasteiger partial charge on any atom is 0.308 e. The molecule has 1 aromatic carbocycles. The fourth-order valence-corrected chi connectivity index (χ4v) is 2.17. The van der Waals surface area contributed by atoms with Gasteiger partial charge in [-0.15, -0.1) is 0 Å². The lowest BCUT2D eigenvalue weighted by Crippen LogP contribution is -2.35. The molecule has 0 radical (unpaired) electrons. The van der Waals surface area contributed by atoms with Gasteiger partial charge >= 0.3 is 5.97 Å². The van der Waals surface area contributed by atoms with E-state index in [1.165, 1.54) is 0 Å². The van der Waals surface area contributed by atoms with Crippen LogP contribution in [0.5, 0.6) is 0 Å². The number of hydrogen-bond donors (Lipinski definition) is 2. The largest absolute Gasteiger partial charge is 0.481 e. The van der Waals surface area contributed by atoms with Gasteiger partial charge in [-0.2, -0.15) is 0 Å². The van der Waals surface area contributed by atoms with Crippen LogP contribution in [0.15, 0.2) is 18.2 Å². The summed E-state index contributed by atoms with van der Waals surface area (Å²) in [5.41, 5.74) is 2.01. The van der Waals surface area contributed by atoms with E-state index in [0.717, 1.165) is 11.1 Å². The summed E-state index contributed by atoms with van der Waals surface area (Å²) in [6.07, 6.45) is 0.912. The van der Waals surface area contributed by atoms with Crippen molar-refractivity contribution in [2.24, 2.45) is 11.8 Å². The molecule has 0 heterocycles. The first-order valence-electron chi connectivity index (χ1n) is 7.05. The Kier molecular flexibility index (Phi) is 6.69. The molecule has 0 saturated carbocycles. The van der Waals surface area contributed by atoms with Crippen molar-refractivity contribution in [3.05, 3.63) is 34.3 Å². The highest BCUT2D eigenvalue weighted by atomic mass is 35.5. The second kappa shape index (κ2) is 8.03. The lowest BCUT2D eigenvalue weighted by atomic mass is 9.96. The average Bonchev–Trinajstić information content (AvgIpc) is 2.39. The molecule has 0 bridgehead atoms. The van der Waals surface area contributed by atoms with Crippen molar-refractivity contribution in [2.75, 3.05) is 6.54 Å². The lowest BCUT2D eigenvalue weighted by molar-refractivity contribution is -0.143. The number of rotatable bonds is 7. The van der Waals surface area contributed by atoms with E-state index >= 15 is 0 Å². The van der Waals surface area contributed by atoms with Gasteiger partial charge in [0.1, 0.15) is 0 Å². The van der Waals surface area contributed by atoms with Crippen LogP contribution in [0.1, 0.15) is 31.4 Å². The molecule has 0 saturated heterocycles. The quantitative estimate of drug-likeness (QED) is 0.813. The van der Waals surface area contributed by atoms with E-state index in [4.69, 9.17) is 16.7 Å². The number of carboxylic acid groups (broad SMARTS) is 1.